The van der Waals surface area contributed by atoms with Crippen LogP contribution in [0.4, 0.5) is 15.6 Å². The molecule has 0 saturated heterocycles. The van der Waals surface area contributed by atoms with E-state index in [9.17, 15) is 9.59 Å². The molecule has 0 saturated carbocycles. The Morgan fingerprint density at radius 3 is 2.86 bits per heavy atom. The van der Waals surface area contributed by atoms with E-state index in [1.165, 1.54) is 29.4 Å². The minimum absolute atomic E-state index is 0.0400. The Bertz CT molecular complexity index is 945. The molecule has 0 unspecified atom stereocenters. The fourth-order valence-electron chi connectivity index (χ4n) is 2.20. The number of urea groups is 1. The van der Waals surface area contributed by atoms with Crippen molar-refractivity contribution in [2.24, 2.45) is 0 Å². The van der Waals surface area contributed by atoms with Gasteiger partial charge in [0.25, 0.3) is 0 Å². The van der Waals surface area contributed by atoms with Gasteiger partial charge in [-0.1, -0.05) is 35.2 Å². The predicted molar refractivity (Wildman–Crippen MR) is 111 cm³/mol. The second kappa shape index (κ2) is 10.5. The Balaban J connectivity index is 1.44. The number of nitrogens with one attached hydrogen (secondary N) is 3. The van der Waals surface area contributed by atoms with E-state index in [4.69, 9.17) is 9.15 Å². The molecule has 3 N–H and O–H groups in total. The lowest BCUT2D eigenvalue weighted by Gasteiger charge is -2.09. The van der Waals surface area contributed by atoms with Crippen LogP contribution in [0, 0.1) is 0 Å². The molecule has 3 rings (SSSR count). The summed E-state index contributed by atoms with van der Waals surface area (Å²) in [6.07, 6.45) is 1.51. The van der Waals surface area contributed by atoms with Crippen LogP contribution < -0.4 is 20.7 Å². The Labute approximate surface area is 175 Å². The van der Waals surface area contributed by atoms with Crippen LogP contribution in [0.5, 0.6) is 5.75 Å². The minimum Gasteiger partial charge on any atom is -0.492 e. The summed E-state index contributed by atoms with van der Waals surface area (Å²) in [6.45, 7) is 2.67. The number of hydrogen-bond donors (Lipinski definition) is 3. The van der Waals surface area contributed by atoms with Gasteiger partial charge in [-0.3, -0.25) is 10.1 Å². The molecule has 0 aliphatic carbocycles. The topological polar surface area (TPSA) is 118 Å². The number of anilines is 2. The molecule has 29 heavy (non-hydrogen) atoms. The molecule has 2 heterocycles. The molecule has 0 bridgehead atoms. The van der Waals surface area contributed by atoms with Crippen molar-refractivity contribution in [1.82, 2.24) is 20.8 Å². The van der Waals surface area contributed by atoms with Crippen molar-refractivity contribution >= 4 is 45.9 Å². The second-order valence-corrected chi connectivity index (χ2v) is 7.73. The molecule has 0 fully saturated rings. The van der Waals surface area contributed by atoms with E-state index < -0.39 is 11.9 Å². The molecule has 152 valence electrons. The lowest BCUT2D eigenvalue weighted by Crippen LogP contribution is -2.39. The average molecular weight is 434 g/mol. The quantitative estimate of drug-likeness (QED) is 0.440. The van der Waals surface area contributed by atoms with Gasteiger partial charge in [0.1, 0.15) is 11.5 Å². The summed E-state index contributed by atoms with van der Waals surface area (Å²) >= 11 is 2.50. The van der Waals surface area contributed by atoms with Gasteiger partial charge in [-0.05, 0) is 31.2 Å². The van der Waals surface area contributed by atoms with E-state index in [-0.39, 0.29) is 12.3 Å². The van der Waals surface area contributed by atoms with Crippen molar-refractivity contribution in [2.45, 2.75) is 17.8 Å². The summed E-state index contributed by atoms with van der Waals surface area (Å²) in [7, 11) is 0. The number of hydrogen-bond acceptors (Lipinski definition) is 9. The molecule has 0 aliphatic rings. The van der Waals surface area contributed by atoms with E-state index >= 15 is 0 Å². The first-order valence-corrected chi connectivity index (χ1v) is 10.5. The maximum atomic E-state index is 11.9. The standard InChI is InChI=1S/C18H19N5O4S2/c1-2-26-14-8-4-3-7-13(14)20-17-22-23-18(29-17)28-11-15(24)21-16(25)19-10-12-6-5-9-27-12/h3-9H,2,10-11H2,1H3,(H,20,22)(H2,19,21,24,25). The Kier molecular flexibility index (Phi) is 7.47. The van der Waals surface area contributed by atoms with Gasteiger partial charge in [-0.2, -0.15) is 0 Å². The molecule has 1 aromatic carbocycles. The summed E-state index contributed by atoms with van der Waals surface area (Å²) in [5.74, 6) is 0.928. The van der Waals surface area contributed by atoms with Crippen LogP contribution in [0.2, 0.25) is 0 Å². The number of ether oxygens (including phenoxy) is 1. The number of carbonyl (C=O) groups is 2. The molecule has 11 heteroatoms. The van der Waals surface area contributed by atoms with E-state index in [0.29, 0.717) is 21.8 Å². The van der Waals surface area contributed by atoms with Crippen LogP contribution in [0.1, 0.15) is 12.7 Å². The molecule has 0 spiro atoms. The number of nitrogens with zero attached hydrogens (tertiary/aromatic N) is 2. The summed E-state index contributed by atoms with van der Waals surface area (Å²) in [5, 5.41) is 16.6. The fraction of sp³-hybridized carbons (Fsp3) is 0.222. The first-order chi connectivity index (χ1) is 14.1. The number of thioether (sulfide) groups is 1. The van der Waals surface area contributed by atoms with Crippen LogP contribution in [0.3, 0.4) is 0 Å². The predicted octanol–water partition coefficient (Wildman–Crippen LogP) is 3.39. The molecule has 9 nitrogen and oxygen atoms in total. The zero-order valence-electron chi connectivity index (χ0n) is 15.5. The van der Waals surface area contributed by atoms with E-state index in [0.717, 1.165) is 11.4 Å². The fourth-order valence-corrected chi connectivity index (χ4v) is 3.76. The highest BCUT2D eigenvalue weighted by molar-refractivity contribution is 8.01. The Hall–Kier alpha value is -3.05. The van der Waals surface area contributed by atoms with Gasteiger partial charge in [-0.15, -0.1) is 10.2 Å². The lowest BCUT2D eigenvalue weighted by molar-refractivity contribution is -0.117. The van der Waals surface area contributed by atoms with Crippen molar-refractivity contribution in [3.63, 3.8) is 0 Å². The van der Waals surface area contributed by atoms with Gasteiger partial charge in [0.2, 0.25) is 11.0 Å². The van der Waals surface area contributed by atoms with E-state index in [1.807, 2.05) is 31.2 Å². The highest BCUT2D eigenvalue weighted by Crippen LogP contribution is 2.31. The van der Waals surface area contributed by atoms with E-state index in [2.05, 4.69) is 26.1 Å². The van der Waals surface area contributed by atoms with Gasteiger partial charge in [0, 0.05) is 0 Å². The van der Waals surface area contributed by atoms with Crippen molar-refractivity contribution < 1.29 is 18.7 Å². The van der Waals surface area contributed by atoms with Crippen LogP contribution >= 0.6 is 23.1 Å². The van der Waals surface area contributed by atoms with Crippen LogP contribution in [0.15, 0.2) is 51.4 Å². The number of benzene rings is 1. The molecule has 3 aromatic rings. The molecular formula is C18H19N5O4S2. The summed E-state index contributed by atoms with van der Waals surface area (Å²) in [6, 6.07) is 10.4. The number of rotatable bonds is 9. The third-order valence-corrected chi connectivity index (χ3v) is 5.39. The zero-order valence-corrected chi connectivity index (χ0v) is 17.1. The van der Waals surface area contributed by atoms with Crippen LogP contribution in [0.25, 0.3) is 0 Å². The minimum atomic E-state index is -0.584. The third-order valence-electron chi connectivity index (χ3n) is 3.42. The number of aromatic nitrogens is 2. The van der Waals surface area contributed by atoms with Crippen molar-refractivity contribution in [3.8, 4) is 5.75 Å². The lowest BCUT2D eigenvalue weighted by atomic mass is 10.3. The van der Waals surface area contributed by atoms with E-state index in [1.54, 1.807) is 12.1 Å². The second-order valence-electron chi connectivity index (χ2n) is 5.53. The number of carbonyl (C=O) groups excluding carboxylic acids is 2. The smallest absolute Gasteiger partial charge is 0.321 e. The van der Waals surface area contributed by atoms with Gasteiger partial charge in [-0.25, -0.2) is 4.79 Å². The van der Waals surface area contributed by atoms with Gasteiger partial charge >= 0.3 is 6.03 Å². The van der Waals surface area contributed by atoms with Crippen LogP contribution in [-0.2, 0) is 11.3 Å². The Morgan fingerprint density at radius 1 is 1.21 bits per heavy atom. The maximum absolute atomic E-state index is 11.9. The van der Waals surface area contributed by atoms with Gasteiger partial charge < -0.3 is 19.8 Å². The zero-order chi connectivity index (χ0) is 20.5. The molecule has 3 amide bonds. The largest absolute Gasteiger partial charge is 0.492 e. The highest BCUT2D eigenvalue weighted by Gasteiger charge is 2.12. The maximum Gasteiger partial charge on any atom is 0.321 e. The average Bonchev–Trinajstić information content (AvgIpc) is 3.38. The normalized spacial score (nSPS) is 10.4. The summed E-state index contributed by atoms with van der Waals surface area (Å²) < 4.78 is 11.3. The van der Waals surface area contributed by atoms with Crippen molar-refractivity contribution in [1.29, 1.82) is 0 Å². The Morgan fingerprint density at radius 2 is 2.07 bits per heavy atom. The number of furan rings is 1. The van der Waals surface area contributed by atoms with Gasteiger partial charge in [0.05, 0.1) is 30.9 Å². The molecule has 0 atom stereocenters. The molecule has 0 radical (unpaired) electrons. The van der Waals surface area contributed by atoms with Crippen molar-refractivity contribution in [2.75, 3.05) is 17.7 Å². The molecular weight excluding hydrogens is 414 g/mol. The SMILES string of the molecule is CCOc1ccccc1Nc1nnc(SCC(=O)NC(=O)NCc2ccco2)s1. The molecule has 0 aliphatic heterocycles. The highest BCUT2D eigenvalue weighted by atomic mass is 32.2. The first kappa shape index (κ1) is 20.7. The number of amides is 3. The monoisotopic (exact) mass is 433 g/mol. The van der Waals surface area contributed by atoms with Gasteiger partial charge in [0.15, 0.2) is 4.34 Å². The number of imide groups is 1. The summed E-state index contributed by atoms with van der Waals surface area (Å²) in [5.41, 5.74) is 0.785. The molecule has 2 aromatic heterocycles. The third kappa shape index (κ3) is 6.50. The number of para-hydroxylation sites is 2. The van der Waals surface area contributed by atoms with Crippen LogP contribution in [-0.4, -0.2) is 34.5 Å². The van der Waals surface area contributed by atoms with Crippen molar-refractivity contribution in [3.05, 3.63) is 48.4 Å². The summed E-state index contributed by atoms with van der Waals surface area (Å²) in [4.78, 5) is 23.6. The first-order valence-electron chi connectivity index (χ1n) is 8.69.